The van der Waals surface area contributed by atoms with Gasteiger partial charge in [-0.05, 0) is 19.2 Å². The fourth-order valence-corrected chi connectivity index (χ4v) is 4.50. The Morgan fingerprint density at radius 1 is 1.00 bits per heavy atom. The summed E-state index contributed by atoms with van der Waals surface area (Å²) < 4.78 is 6.30. The zero-order chi connectivity index (χ0) is 15.4. The topological polar surface area (TPSA) is 12.5 Å². The third kappa shape index (κ3) is 1.53. The number of ether oxygens (including phenoxy) is 1. The van der Waals surface area contributed by atoms with Crippen molar-refractivity contribution in [2.75, 3.05) is 20.1 Å². The summed E-state index contributed by atoms with van der Waals surface area (Å²) in [5, 5.41) is 0. The van der Waals surface area contributed by atoms with Crippen molar-refractivity contribution in [1.29, 1.82) is 0 Å². The molecular formula is C20H21NO. The second-order valence-electron chi connectivity index (χ2n) is 6.77. The van der Waals surface area contributed by atoms with Crippen molar-refractivity contribution in [1.82, 2.24) is 4.90 Å². The number of para-hydroxylation sites is 2. The van der Waals surface area contributed by atoms with Crippen LogP contribution in [0.3, 0.4) is 0 Å². The van der Waals surface area contributed by atoms with Gasteiger partial charge in [-0.15, -0.1) is 6.58 Å². The van der Waals surface area contributed by atoms with Gasteiger partial charge in [0.15, 0.2) is 0 Å². The van der Waals surface area contributed by atoms with Crippen molar-refractivity contribution in [3.05, 3.63) is 72.3 Å². The fraction of sp³-hybridized carbons (Fsp3) is 0.300. The predicted molar refractivity (Wildman–Crippen MR) is 89.7 cm³/mol. The van der Waals surface area contributed by atoms with Crippen molar-refractivity contribution in [3.8, 4) is 11.5 Å². The van der Waals surface area contributed by atoms with E-state index in [2.05, 4.69) is 67.9 Å². The van der Waals surface area contributed by atoms with Crippen LogP contribution in [0.5, 0.6) is 11.5 Å². The van der Waals surface area contributed by atoms with E-state index in [1.807, 2.05) is 12.1 Å². The minimum atomic E-state index is -0.134. The number of likely N-dealkylation sites (N-methyl/N-ethyl adjacent to an activating group) is 1. The first-order chi connectivity index (χ1) is 10.6. The van der Waals surface area contributed by atoms with E-state index in [0.717, 1.165) is 24.6 Å². The highest BCUT2D eigenvalue weighted by Gasteiger charge is 2.57. The summed E-state index contributed by atoms with van der Waals surface area (Å²) in [5.74, 6) is 1.92. The van der Waals surface area contributed by atoms with Gasteiger partial charge in [0.05, 0.1) is 0 Å². The number of benzene rings is 2. The van der Waals surface area contributed by atoms with E-state index >= 15 is 0 Å². The molecule has 2 atom stereocenters. The quantitative estimate of drug-likeness (QED) is 0.733. The van der Waals surface area contributed by atoms with Crippen LogP contribution in [-0.4, -0.2) is 25.0 Å². The lowest BCUT2D eigenvalue weighted by Crippen LogP contribution is -2.44. The Morgan fingerprint density at radius 2 is 1.59 bits per heavy atom. The normalized spacial score (nSPS) is 29.7. The second-order valence-corrected chi connectivity index (χ2v) is 6.77. The average molecular weight is 291 g/mol. The number of hydrogen-bond acceptors (Lipinski definition) is 2. The molecule has 0 aromatic heterocycles. The summed E-state index contributed by atoms with van der Waals surface area (Å²) in [6, 6.07) is 16.8. The molecule has 4 rings (SSSR count). The second kappa shape index (κ2) is 4.47. The minimum Gasteiger partial charge on any atom is -0.457 e. The van der Waals surface area contributed by atoms with Crippen LogP contribution < -0.4 is 4.74 Å². The van der Waals surface area contributed by atoms with E-state index in [0.29, 0.717) is 0 Å². The van der Waals surface area contributed by atoms with E-state index in [1.165, 1.54) is 11.1 Å². The Morgan fingerprint density at radius 3 is 2.27 bits per heavy atom. The molecule has 0 saturated carbocycles. The largest absolute Gasteiger partial charge is 0.457 e. The molecule has 0 N–H and O–H groups in total. The van der Waals surface area contributed by atoms with Gasteiger partial charge >= 0.3 is 0 Å². The van der Waals surface area contributed by atoms with Crippen LogP contribution in [0.1, 0.15) is 18.1 Å². The molecule has 0 spiro atoms. The molecule has 22 heavy (non-hydrogen) atoms. The third-order valence-electron chi connectivity index (χ3n) is 5.51. The molecule has 2 aliphatic rings. The maximum atomic E-state index is 6.30. The first-order valence-electron chi connectivity index (χ1n) is 7.80. The van der Waals surface area contributed by atoms with Crippen LogP contribution >= 0.6 is 0 Å². The molecule has 2 heteroatoms. The molecule has 2 aromatic carbocycles. The van der Waals surface area contributed by atoms with Crippen LogP contribution in [-0.2, 0) is 10.8 Å². The third-order valence-corrected chi connectivity index (χ3v) is 5.51. The number of nitrogens with zero attached hydrogens (tertiary/aromatic N) is 1. The molecule has 1 fully saturated rings. The lowest BCUT2D eigenvalue weighted by molar-refractivity contribution is 0.368. The standard InChI is InChI=1S/C20H21NO/c1-4-20-14-21(3)13-19(20,2)15-9-5-7-11-17(15)22-18-12-8-6-10-16(18)20/h4-12H,1,13-14H2,2-3H3/t19-,20-/m1/s1. The Hall–Kier alpha value is -2.06. The molecule has 1 saturated heterocycles. The molecule has 112 valence electrons. The summed E-state index contributed by atoms with van der Waals surface area (Å²) in [6.07, 6.45) is 2.14. The predicted octanol–water partition coefficient (Wildman–Crippen LogP) is 4.12. The number of fused-ring (bicyclic) bond motifs is 5. The summed E-state index contributed by atoms with van der Waals surface area (Å²) in [5.41, 5.74) is 2.33. The molecule has 0 amide bonds. The zero-order valence-corrected chi connectivity index (χ0v) is 13.2. The van der Waals surface area contributed by atoms with Crippen LogP contribution in [0.15, 0.2) is 61.2 Å². The molecule has 2 aliphatic heterocycles. The van der Waals surface area contributed by atoms with E-state index in [-0.39, 0.29) is 10.8 Å². The Labute approximate surface area is 132 Å². The summed E-state index contributed by atoms with van der Waals surface area (Å²) >= 11 is 0. The van der Waals surface area contributed by atoms with Crippen LogP contribution in [0.2, 0.25) is 0 Å². The van der Waals surface area contributed by atoms with E-state index < -0.39 is 0 Å². The van der Waals surface area contributed by atoms with Crippen molar-refractivity contribution < 1.29 is 4.74 Å². The highest BCUT2D eigenvalue weighted by Crippen LogP contribution is 2.57. The van der Waals surface area contributed by atoms with Gasteiger partial charge in [0.2, 0.25) is 0 Å². The van der Waals surface area contributed by atoms with Gasteiger partial charge in [-0.1, -0.05) is 49.4 Å². The molecule has 0 bridgehead atoms. The first-order valence-corrected chi connectivity index (χ1v) is 7.80. The lowest BCUT2D eigenvalue weighted by Gasteiger charge is -2.40. The van der Waals surface area contributed by atoms with Gasteiger partial charge in [0, 0.05) is 35.0 Å². The van der Waals surface area contributed by atoms with E-state index in [1.54, 1.807) is 0 Å². The van der Waals surface area contributed by atoms with Crippen molar-refractivity contribution in [3.63, 3.8) is 0 Å². The smallest absolute Gasteiger partial charge is 0.131 e. The van der Waals surface area contributed by atoms with Crippen LogP contribution in [0.25, 0.3) is 0 Å². The van der Waals surface area contributed by atoms with Gasteiger partial charge in [-0.3, -0.25) is 0 Å². The van der Waals surface area contributed by atoms with Crippen molar-refractivity contribution in [2.45, 2.75) is 17.8 Å². The Bertz CT molecular complexity index is 753. The van der Waals surface area contributed by atoms with Crippen LogP contribution in [0.4, 0.5) is 0 Å². The highest BCUT2D eigenvalue weighted by molar-refractivity contribution is 5.58. The maximum Gasteiger partial charge on any atom is 0.131 e. The highest BCUT2D eigenvalue weighted by atomic mass is 16.5. The minimum absolute atomic E-state index is 0.0489. The molecule has 2 aromatic rings. The molecule has 0 radical (unpaired) electrons. The number of likely N-dealkylation sites (tertiary alicyclic amines) is 1. The van der Waals surface area contributed by atoms with Gasteiger partial charge < -0.3 is 9.64 Å². The van der Waals surface area contributed by atoms with E-state index in [4.69, 9.17) is 4.74 Å². The fourth-order valence-electron chi connectivity index (χ4n) is 4.50. The Kier molecular flexibility index (Phi) is 2.76. The summed E-state index contributed by atoms with van der Waals surface area (Å²) in [7, 11) is 2.19. The zero-order valence-electron chi connectivity index (χ0n) is 13.2. The van der Waals surface area contributed by atoms with Gasteiger partial charge in [-0.25, -0.2) is 0 Å². The first kappa shape index (κ1) is 13.6. The van der Waals surface area contributed by atoms with E-state index in [9.17, 15) is 0 Å². The average Bonchev–Trinajstić information content (AvgIpc) is 2.76. The molecular weight excluding hydrogens is 270 g/mol. The van der Waals surface area contributed by atoms with Gasteiger partial charge in [-0.2, -0.15) is 0 Å². The van der Waals surface area contributed by atoms with Gasteiger partial charge in [0.1, 0.15) is 11.5 Å². The SMILES string of the molecule is C=C[C@]12CN(C)C[C@]1(C)c1ccccc1Oc1ccccc12. The maximum absolute atomic E-state index is 6.30. The lowest BCUT2D eigenvalue weighted by atomic mass is 9.60. The molecule has 2 heterocycles. The summed E-state index contributed by atoms with van der Waals surface area (Å²) in [4.78, 5) is 2.40. The Balaban J connectivity index is 2.11. The number of rotatable bonds is 1. The summed E-state index contributed by atoms with van der Waals surface area (Å²) in [6.45, 7) is 8.53. The van der Waals surface area contributed by atoms with Crippen LogP contribution in [0, 0.1) is 0 Å². The van der Waals surface area contributed by atoms with Gasteiger partial charge in [0.25, 0.3) is 0 Å². The number of hydrogen-bond donors (Lipinski definition) is 0. The van der Waals surface area contributed by atoms with Crippen molar-refractivity contribution in [2.24, 2.45) is 0 Å². The molecule has 2 nitrogen and oxygen atoms in total. The monoisotopic (exact) mass is 291 g/mol. The van der Waals surface area contributed by atoms with Crippen molar-refractivity contribution >= 4 is 0 Å². The molecule has 0 unspecified atom stereocenters. The molecule has 0 aliphatic carbocycles.